The summed E-state index contributed by atoms with van der Waals surface area (Å²) < 4.78 is 11.9. The Morgan fingerprint density at radius 2 is 2.21 bits per heavy atom. The molecule has 4 heteroatoms. The number of allylic oxidation sites excluding steroid dienone is 1. The zero-order chi connectivity index (χ0) is 13.5. The maximum Gasteiger partial charge on any atom is 0.185 e. The van der Waals surface area contributed by atoms with Gasteiger partial charge in [-0.3, -0.25) is 4.79 Å². The summed E-state index contributed by atoms with van der Waals surface area (Å²) in [7, 11) is 0. The monoisotopic (exact) mass is 264 g/mol. The van der Waals surface area contributed by atoms with E-state index >= 15 is 0 Å². The molecule has 0 radical (unpaired) electrons. The van der Waals surface area contributed by atoms with Crippen LogP contribution in [0.1, 0.15) is 39.5 Å². The van der Waals surface area contributed by atoms with E-state index in [9.17, 15) is 9.90 Å². The number of ketones is 1. The van der Waals surface area contributed by atoms with Gasteiger partial charge in [0.1, 0.15) is 11.4 Å². The van der Waals surface area contributed by atoms with Crippen molar-refractivity contribution in [2.24, 2.45) is 10.8 Å². The fraction of sp³-hybridized carbons (Fsp3) is 0.800. The van der Waals surface area contributed by atoms with Crippen molar-refractivity contribution < 1.29 is 19.4 Å². The highest BCUT2D eigenvalue weighted by Gasteiger charge is 2.78. The van der Waals surface area contributed by atoms with Crippen LogP contribution in [0.4, 0.5) is 0 Å². The van der Waals surface area contributed by atoms with Gasteiger partial charge in [-0.25, -0.2) is 0 Å². The van der Waals surface area contributed by atoms with Crippen molar-refractivity contribution in [3.63, 3.8) is 0 Å². The van der Waals surface area contributed by atoms with Crippen LogP contribution in [-0.4, -0.2) is 35.5 Å². The molecule has 2 aliphatic heterocycles. The first-order chi connectivity index (χ1) is 8.93. The summed E-state index contributed by atoms with van der Waals surface area (Å²) in [5, 5.41) is 10.4. The standard InChI is InChI=1S/C15H20O4/c1-9-3-4-14-8-18-15(12(17)19-11(14)5-9)7-10(16)6-13(14,15)2/h5,11-12,17H,3-4,6-8H2,1-2H3/t11-,12?,13+,14+,15-/m0/s1. The molecule has 1 unspecified atom stereocenters. The van der Waals surface area contributed by atoms with Crippen molar-refractivity contribution in [3.8, 4) is 0 Å². The van der Waals surface area contributed by atoms with Crippen LogP contribution >= 0.6 is 0 Å². The zero-order valence-corrected chi connectivity index (χ0v) is 11.4. The lowest BCUT2D eigenvalue weighted by molar-refractivity contribution is -0.290. The molecule has 104 valence electrons. The largest absolute Gasteiger partial charge is 0.368 e. The minimum atomic E-state index is -0.994. The number of hydrogen-bond acceptors (Lipinski definition) is 4. The first-order valence-corrected chi connectivity index (χ1v) is 7.10. The molecule has 1 spiro atoms. The van der Waals surface area contributed by atoms with Crippen molar-refractivity contribution in [1.82, 2.24) is 0 Å². The Morgan fingerprint density at radius 1 is 1.42 bits per heavy atom. The molecule has 1 N–H and O–H groups in total. The molecular weight excluding hydrogens is 244 g/mol. The van der Waals surface area contributed by atoms with Gasteiger partial charge >= 0.3 is 0 Å². The fourth-order valence-electron chi connectivity index (χ4n) is 4.98. The number of rotatable bonds is 0. The van der Waals surface area contributed by atoms with E-state index in [0.29, 0.717) is 19.4 Å². The molecule has 2 aliphatic carbocycles. The van der Waals surface area contributed by atoms with Gasteiger partial charge in [-0.15, -0.1) is 0 Å². The summed E-state index contributed by atoms with van der Waals surface area (Å²) in [6.45, 7) is 4.82. The SMILES string of the molecule is CC1=C[C@@H]2OC(O)[C@@]34CC(=O)C[C@]3(C)[C@]2(CC1)CO4. The van der Waals surface area contributed by atoms with Crippen LogP contribution in [-0.2, 0) is 14.3 Å². The van der Waals surface area contributed by atoms with Gasteiger partial charge in [0.2, 0.25) is 0 Å². The van der Waals surface area contributed by atoms with Crippen LogP contribution in [0.2, 0.25) is 0 Å². The molecule has 5 atom stereocenters. The fourth-order valence-corrected chi connectivity index (χ4v) is 4.98. The Labute approximate surface area is 112 Å². The molecule has 4 nitrogen and oxygen atoms in total. The van der Waals surface area contributed by atoms with Gasteiger partial charge in [0.25, 0.3) is 0 Å². The van der Waals surface area contributed by atoms with Crippen molar-refractivity contribution in [2.45, 2.75) is 57.5 Å². The van der Waals surface area contributed by atoms with Crippen molar-refractivity contribution in [2.75, 3.05) is 6.61 Å². The number of aliphatic hydroxyl groups is 1. The Kier molecular flexibility index (Phi) is 2.09. The van der Waals surface area contributed by atoms with E-state index in [-0.39, 0.29) is 22.7 Å². The van der Waals surface area contributed by atoms with Gasteiger partial charge in [0.05, 0.1) is 12.7 Å². The molecular formula is C15H20O4. The average Bonchev–Trinajstić information content (AvgIpc) is 2.67. The van der Waals surface area contributed by atoms with E-state index in [2.05, 4.69) is 19.9 Å². The zero-order valence-electron chi connectivity index (χ0n) is 11.4. The maximum absolute atomic E-state index is 12.0. The first-order valence-electron chi connectivity index (χ1n) is 7.10. The van der Waals surface area contributed by atoms with Crippen molar-refractivity contribution >= 4 is 5.78 Å². The maximum atomic E-state index is 12.0. The third-order valence-corrected chi connectivity index (χ3v) is 6.25. The topological polar surface area (TPSA) is 55.8 Å². The van der Waals surface area contributed by atoms with Crippen LogP contribution in [0.3, 0.4) is 0 Å². The van der Waals surface area contributed by atoms with Crippen LogP contribution in [0.15, 0.2) is 11.6 Å². The number of carbonyl (C=O) groups is 1. The molecule has 4 aliphatic rings. The Morgan fingerprint density at radius 3 is 3.00 bits per heavy atom. The predicted octanol–water partition coefficient (Wildman–Crippen LogP) is 1.57. The molecule has 0 amide bonds. The molecule has 0 aromatic rings. The quantitative estimate of drug-likeness (QED) is 0.675. The lowest BCUT2D eigenvalue weighted by Gasteiger charge is -2.56. The first kappa shape index (κ1) is 12.1. The van der Waals surface area contributed by atoms with E-state index < -0.39 is 11.9 Å². The number of carbonyl (C=O) groups excluding carboxylic acids is 1. The highest BCUT2D eigenvalue weighted by atomic mass is 16.7. The van der Waals surface area contributed by atoms with E-state index in [4.69, 9.17) is 9.47 Å². The predicted molar refractivity (Wildman–Crippen MR) is 67.3 cm³/mol. The number of aliphatic hydroxyl groups excluding tert-OH is 1. The summed E-state index contributed by atoms with van der Waals surface area (Å²) in [5.74, 6) is 0.191. The second kappa shape index (κ2) is 3.30. The Balaban J connectivity index is 1.91. The smallest absolute Gasteiger partial charge is 0.185 e. The molecule has 2 heterocycles. The highest BCUT2D eigenvalue weighted by Crippen LogP contribution is 2.70. The van der Waals surface area contributed by atoms with Gasteiger partial charge in [-0.2, -0.15) is 0 Å². The van der Waals surface area contributed by atoms with Gasteiger partial charge in [0.15, 0.2) is 6.29 Å². The minimum Gasteiger partial charge on any atom is -0.368 e. The third kappa shape index (κ3) is 1.11. The number of hydrogen-bond donors (Lipinski definition) is 1. The van der Waals surface area contributed by atoms with Crippen molar-refractivity contribution in [3.05, 3.63) is 11.6 Å². The number of Topliss-reactive ketones (excluding diaryl/α,β-unsaturated/α-hetero) is 1. The van der Waals surface area contributed by atoms with Gasteiger partial charge in [-0.1, -0.05) is 18.6 Å². The van der Waals surface area contributed by atoms with E-state index in [1.807, 2.05) is 0 Å². The lowest BCUT2D eigenvalue weighted by atomic mass is 9.52. The van der Waals surface area contributed by atoms with Crippen LogP contribution < -0.4 is 0 Å². The molecule has 2 saturated heterocycles. The molecule has 19 heavy (non-hydrogen) atoms. The Hall–Kier alpha value is -0.710. The van der Waals surface area contributed by atoms with Gasteiger partial charge < -0.3 is 14.6 Å². The normalized spacial score (nSPS) is 55.7. The summed E-state index contributed by atoms with van der Waals surface area (Å²) in [4.78, 5) is 12.0. The summed E-state index contributed by atoms with van der Waals surface area (Å²) >= 11 is 0. The van der Waals surface area contributed by atoms with E-state index in [1.165, 1.54) is 5.57 Å². The van der Waals surface area contributed by atoms with Gasteiger partial charge in [-0.05, 0) is 19.8 Å². The van der Waals surface area contributed by atoms with Crippen LogP contribution in [0.5, 0.6) is 0 Å². The summed E-state index contributed by atoms with van der Waals surface area (Å²) in [6.07, 6.45) is 3.82. The van der Waals surface area contributed by atoms with Gasteiger partial charge in [0, 0.05) is 23.7 Å². The number of ether oxygens (including phenoxy) is 2. The van der Waals surface area contributed by atoms with Crippen LogP contribution in [0.25, 0.3) is 0 Å². The molecule has 0 aromatic carbocycles. The molecule has 2 bridgehead atoms. The average molecular weight is 264 g/mol. The summed E-state index contributed by atoms with van der Waals surface area (Å²) in [6, 6.07) is 0. The van der Waals surface area contributed by atoms with Crippen molar-refractivity contribution in [1.29, 1.82) is 0 Å². The van der Waals surface area contributed by atoms with E-state index in [1.54, 1.807) is 0 Å². The summed E-state index contributed by atoms with van der Waals surface area (Å²) in [5.41, 5.74) is 0.0592. The lowest BCUT2D eigenvalue weighted by Crippen LogP contribution is -2.64. The molecule has 1 saturated carbocycles. The second-order valence-electron chi connectivity index (χ2n) is 6.98. The highest BCUT2D eigenvalue weighted by molar-refractivity contribution is 5.84. The molecule has 4 rings (SSSR count). The molecule has 3 fully saturated rings. The molecule has 0 aromatic heterocycles. The minimum absolute atomic E-state index is 0.122. The van der Waals surface area contributed by atoms with Crippen LogP contribution in [0, 0.1) is 10.8 Å². The van der Waals surface area contributed by atoms with E-state index in [0.717, 1.165) is 12.8 Å². The second-order valence-corrected chi connectivity index (χ2v) is 6.98. The Bertz CT molecular complexity index is 498. The third-order valence-electron chi connectivity index (χ3n) is 6.25.